The number of hydrogen-bond donors (Lipinski definition) is 1. The first-order valence-corrected chi connectivity index (χ1v) is 4.26. The second kappa shape index (κ2) is 4.77. The highest BCUT2D eigenvalue weighted by molar-refractivity contribution is 7.80. The second-order valence-electron chi connectivity index (χ2n) is 2.20. The van der Waals surface area contributed by atoms with Gasteiger partial charge in [0.15, 0.2) is 0 Å². The van der Waals surface area contributed by atoms with Crippen molar-refractivity contribution in [1.29, 1.82) is 0 Å². The molecule has 0 fully saturated rings. The Balaban J connectivity index is 2.70. The highest BCUT2D eigenvalue weighted by Gasteiger charge is 1.89. The van der Waals surface area contributed by atoms with E-state index in [1.165, 1.54) is 10.7 Å². The minimum absolute atomic E-state index is 0.0821. The zero-order valence-corrected chi connectivity index (χ0v) is 7.45. The predicted octanol–water partition coefficient (Wildman–Crippen LogP) is 0.729. The molecule has 0 spiro atoms. The van der Waals surface area contributed by atoms with E-state index in [0.717, 1.165) is 0 Å². The van der Waals surface area contributed by atoms with Gasteiger partial charge >= 0.3 is 0 Å². The van der Waals surface area contributed by atoms with Gasteiger partial charge in [-0.15, -0.1) is 0 Å². The molecule has 1 heterocycles. The summed E-state index contributed by atoms with van der Waals surface area (Å²) in [7, 11) is 0. The van der Waals surface area contributed by atoms with Crippen LogP contribution in [0.5, 0.6) is 0 Å². The van der Waals surface area contributed by atoms with E-state index in [1.807, 2.05) is 12.2 Å². The van der Waals surface area contributed by atoms with Crippen LogP contribution < -0.4 is 5.56 Å². The van der Waals surface area contributed by atoms with Gasteiger partial charge in [0.2, 0.25) is 0 Å². The molecule has 0 saturated carbocycles. The van der Waals surface area contributed by atoms with Gasteiger partial charge in [0.1, 0.15) is 0 Å². The molecule has 0 radical (unpaired) electrons. The molecular formula is C8H10N2OS. The van der Waals surface area contributed by atoms with Gasteiger partial charge < -0.3 is 0 Å². The number of allylic oxidation sites excluding steroid dienone is 1. The van der Waals surface area contributed by atoms with E-state index in [-0.39, 0.29) is 5.56 Å². The summed E-state index contributed by atoms with van der Waals surface area (Å²) in [6.45, 7) is 0.514. The summed E-state index contributed by atoms with van der Waals surface area (Å²) in [5.41, 5.74) is -0.0821. The molecule has 0 amide bonds. The third-order valence-electron chi connectivity index (χ3n) is 1.34. The van der Waals surface area contributed by atoms with Crippen molar-refractivity contribution in [2.45, 2.75) is 6.54 Å². The zero-order chi connectivity index (χ0) is 8.81. The maximum absolute atomic E-state index is 11.1. The fourth-order valence-electron chi connectivity index (χ4n) is 0.773. The third-order valence-corrected chi connectivity index (χ3v) is 1.55. The fourth-order valence-corrected chi connectivity index (χ4v) is 0.922. The van der Waals surface area contributed by atoms with Crippen molar-refractivity contribution in [3.8, 4) is 0 Å². The van der Waals surface area contributed by atoms with Crippen molar-refractivity contribution in [3.05, 3.63) is 40.8 Å². The molecule has 0 atom stereocenters. The molecule has 12 heavy (non-hydrogen) atoms. The van der Waals surface area contributed by atoms with Gasteiger partial charge in [-0.05, 0) is 6.07 Å². The standard InChI is InChI=1S/C8H10N2OS/c11-8-4-3-5-9-10(8)6-1-2-7-12/h1-5,12H,6-7H2. The molecule has 0 saturated heterocycles. The Morgan fingerprint density at radius 1 is 1.58 bits per heavy atom. The molecule has 1 aromatic rings. The van der Waals surface area contributed by atoms with Gasteiger partial charge in [-0.1, -0.05) is 12.2 Å². The maximum atomic E-state index is 11.1. The average Bonchev–Trinajstić information content (AvgIpc) is 2.09. The minimum atomic E-state index is -0.0821. The SMILES string of the molecule is O=c1cccnn1CC=CCS. The Kier molecular flexibility index (Phi) is 3.60. The number of thiol groups is 1. The molecule has 0 bridgehead atoms. The van der Waals surface area contributed by atoms with Crippen LogP contribution in [0, 0.1) is 0 Å². The summed E-state index contributed by atoms with van der Waals surface area (Å²) in [4.78, 5) is 11.1. The summed E-state index contributed by atoms with van der Waals surface area (Å²) in [6.07, 6.45) is 5.33. The monoisotopic (exact) mass is 182 g/mol. The summed E-state index contributed by atoms with van der Waals surface area (Å²) in [5.74, 6) is 0.682. The van der Waals surface area contributed by atoms with E-state index in [4.69, 9.17) is 0 Å². The van der Waals surface area contributed by atoms with Crippen molar-refractivity contribution >= 4 is 12.6 Å². The van der Waals surface area contributed by atoms with Gasteiger partial charge in [-0.25, -0.2) is 4.68 Å². The van der Waals surface area contributed by atoms with Crippen LogP contribution in [0.25, 0.3) is 0 Å². The van der Waals surface area contributed by atoms with Crippen LogP contribution in [0.3, 0.4) is 0 Å². The van der Waals surface area contributed by atoms with Crippen LogP contribution >= 0.6 is 12.6 Å². The van der Waals surface area contributed by atoms with Crippen LogP contribution in [-0.4, -0.2) is 15.5 Å². The normalized spacial score (nSPS) is 10.8. The fraction of sp³-hybridized carbons (Fsp3) is 0.250. The highest BCUT2D eigenvalue weighted by Crippen LogP contribution is 1.81. The number of rotatable bonds is 3. The van der Waals surface area contributed by atoms with Crippen LogP contribution in [-0.2, 0) is 6.54 Å². The summed E-state index contributed by atoms with van der Waals surface area (Å²) in [5, 5.41) is 3.88. The summed E-state index contributed by atoms with van der Waals surface area (Å²) < 4.78 is 1.39. The van der Waals surface area contributed by atoms with E-state index in [1.54, 1.807) is 12.3 Å². The first kappa shape index (κ1) is 9.06. The lowest BCUT2D eigenvalue weighted by Gasteiger charge is -1.96. The van der Waals surface area contributed by atoms with Crippen molar-refractivity contribution < 1.29 is 0 Å². The Morgan fingerprint density at radius 2 is 2.42 bits per heavy atom. The average molecular weight is 182 g/mol. The van der Waals surface area contributed by atoms with Crippen molar-refractivity contribution in [1.82, 2.24) is 9.78 Å². The quantitative estimate of drug-likeness (QED) is 0.552. The van der Waals surface area contributed by atoms with Gasteiger partial charge in [0, 0.05) is 18.0 Å². The number of aromatic nitrogens is 2. The van der Waals surface area contributed by atoms with E-state index < -0.39 is 0 Å². The predicted molar refractivity (Wildman–Crippen MR) is 51.5 cm³/mol. The molecule has 0 unspecified atom stereocenters. The van der Waals surface area contributed by atoms with Crippen LogP contribution in [0.15, 0.2) is 35.3 Å². The van der Waals surface area contributed by atoms with Gasteiger partial charge in [0.25, 0.3) is 5.56 Å². The van der Waals surface area contributed by atoms with Crippen molar-refractivity contribution in [2.75, 3.05) is 5.75 Å². The number of hydrogen-bond acceptors (Lipinski definition) is 3. The molecule has 3 nitrogen and oxygen atoms in total. The lowest BCUT2D eigenvalue weighted by atomic mass is 10.5. The van der Waals surface area contributed by atoms with E-state index in [0.29, 0.717) is 12.3 Å². The molecule has 0 N–H and O–H groups in total. The first-order valence-electron chi connectivity index (χ1n) is 3.62. The van der Waals surface area contributed by atoms with E-state index in [9.17, 15) is 4.79 Å². The second-order valence-corrected chi connectivity index (χ2v) is 2.56. The Morgan fingerprint density at radius 3 is 3.08 bits per heavy atom. The smallest absolute Gasteiger partial charge is 0.267 e. The van der Waals surface area contributed by atoms with Crippen LogP contribution in [0.2, 0.25) is 0 Å². The van der Waals surface area contributed by atoms with E-state index >= 15 is 0 Å². The minimum Gasteiger partial charge on any atom is -0.268 e. The molecule has 0 aliphatic heterocycles. The maximum Gasteiger partial charge on any atom is 0.267 e. The van der Waals surface area contributed by atoms with E-state index in [2.05, 4.69) is 17.7 Å². The lowest BCUT2D eigenvalue weighted by molar-refractivity contribution is 0.651. The molecule has 64 valence electrons. The Bertz CT molecular complexity index is 319. The lowest BCUT2D eigenvalue weighted by Crippen LogP contribution is -2.20. The number of nitrogens with zero attached hydrogens (tertiary/aromatic N) is 2. The van der Waals surface area contributed by atoms with Crippen LogP contribution in [0.1, 0.15) is 0 Å². The van der Waals surface area contributed by atoms with Gasteiger partial charge in [0.05, 0.1) is 6.54 Å². The Hall–Kier alpha value is -1.03. The van der Waals surface area contributed by atoms with Gasteiger partial charge in [-0.2, -0.15) is 17.7 Å². The molecular weight excluding hydrogens is 172 g/mol. The van der Waals surface area contributed by atoms with Crippen LogP contribution in [0.4, 0.5) is 0 Å². The summed E-state index contributed by atoms with van der Waals surface area (Å²) in [6, 6.07) is 3.11. The van der Waals surface area contributed by atoms with Crippen molar-refractivity contribution in [3.63, 3.8) is 0 Å². The largest absolute Gasteiger partial charge is 0.268 e. The molecule has 0 aliphatic rings. The molecule has 1 aromatic heterocycles. The molecule has 4 heteroatoms. The Labute approximate surface area is 76.1 Å². The van der Waals surface area contributed by atoms with Gasteiger partial charge in [-0.3, -0.25) is 4.79 Å². The topological polar surface area (TPSA) is 34.9 Å². The highest BCUT2D eigenvalue weighted by atomic mass is 32.1. The molecule has 1 rings (SSSR count). The third kappa shape index (κ3) is 2.54. The first-order chi connectivity index (χ1) is 5.84. The van der Waals surface area contributed by atoms with Crippen molar-refractivity contribution in [2.24, 2.45) is 0 Å². The molecule has 0 aliphatic carbocycles. The molecule has 0 aromatic carbocycles. The summed E-state index contributed by atoms with van der Waals surface area (Å²) >= 11 is 4.00. The zero-order valence-electron chi connectivity index (χ0n) is 6.55.